The third-order valence-corrected chi connectivity index (χ3v) is 2.83. The second kappa shape index (κ2) is 7.88. The number of alkyl halides is 3. The van der Waals surface area contributed by atoms with Crippen molar-refractivity contribution in [1.29, 1.82) is 0 Å². The van der Waals surface area contributed by atoms with Gasteiger partial charge in [-0.15, -0.1) is 0 Å². The highest BCUT2D eigenvalue weighted by Crippen LogP contribution is 2.35. The molecule has 0 fully saturated rings. The molecular formula is C14H19F3N2O3. The molecule has 1 aromatic carbocycles. The Morgan fingerprint density at radius 1 is 1.36 bits per heavy atom. The average Bonchev–Trinajstić information content (AvgIpc) is 2.45. The normalized spacial score (nSPS) is 11.2. The molecule has 124 valence electrons. The van der Waals surface area contributed by atoms with Crippen molar-refractivity contribution >= 4 is 11.7 Å². The van der Waals surface area contributed by atoms with Crippen molar-refractivity contribution < 1.29 is 27.4 Å². The highest BCUT2D eigenvalue weighted by Gasteiger charge is 2.31. The van der Waals surface area contributed by atoms with Crippen molar-refractivity contribution in [1.82, 2.24) is 4.90 Å². The van der Waals surface area contributed by atoms with Gasteiger partial charge in [0, 0.05) is 20.7 Å². The maximum atomic E-state index is 12.8. The van der Waals surface area contributed by atoms with Crippen LogP contribution in [0, 0.1) is 0 Å². The number of rotatable bonds is 6. The van der Waals surface area contributed by atoms with Crippen molar-refractivity contribution in [3.8, 4) is 5.75 Å². The SMILES string of the molecule is CCOc1ccc(C(F)(F)F)cc1NC(=O)N(C)CCOC. The maximum Gasteiger partial charge on any atom is 0.416 e. The van der Waals surface area contributed by atoms with E-state index in [0.717, 1.165) is 12.1 Å². The van der Waals surface area contributed by atoms with Crippen molar-refractivity contribution in [2.45, 2.75) is 13.1 Å². The van der Waals surface area contributed by atoms with E-state index in [1.165, 1.54) is 25.1 Å². The zero-order chi connectivity index (χ0) is 16.8. The molecule has 0 aliphatic carbocycles. The molecule has 0 radical (unpaired) electrons. The van der Waals surface area contributed by atoms with E-state index in [4.69, 9.17) is 9.47 Å². The highest BCUT2D eigenvalue weighted by molar-refractivity contribution is 5.91. The number of carbonyl (C=O) groups is 1. The Kier molecular flexibility index (Phi) is 6.48. The first kappa shape index (κ1) is 18.1. The summed E-state index contributed by atoms with van der Waals surface area (Å²) >= 11 is 0. The summed E-state index contributed by atoms with van der Waals surface area (Å²) in [6, 6.07) is 2.41. The van der Waals surface area contributed by atoms with E-state index in [2.05, 4.69) is 5.32 Å². The van der Waals surface area contributed by atoms with E-state index in [1.807, 2.05) is 0 Å². The predicted octanol–water partition coefficient (Wildman–Crippen LogP) is 3.21. The van der Waals surface area contributed by atoms with Crippen molar-refractivity contribution in [3.05, 3.63) is 23.8 Å². The first-order valence-electron chi connectivity index (χ1n) is 6.64. The maximum absolute atomic E-state index is 12.8. The monoisotopic (exact) mass is 320 g/mol. The Bertz CT molecular complexity index is 507. The lowest BCUT2D eigenvalue weighted by Crippen LogP contribution is -2.34. The van der Waals surface area contributed by atoms with Crippen LogP contribution in [0.15, 0.2) is 18.2 Å². The van der Waals surface area contributed by atoms with E-state index in [1.54, 1.807) is 6.92 Å². The van der Waals surface area contributed by atoms with E-state index < -0.39 is 17.8 Å². The standard InChI is InChI=1S/C14H19F3N2O3/c1-4-22-12-6-5-10(14(15,16)17)9-11(12)18-13(20)19(2)7-8-21-3/h5-6,9H,4,7-8H2,1-3H3,(H,18,20). The second-order valence-corrected chi connectivity index (χ2v) is 4.49. The second-order valence-electron chi connectivity index (χ2n) is 4.49. The van der Waals surface area contributed by atoms with Crippen LogP contribution in [0.5, 0.6) is 5.75 Å². The van der Waals surface area contributed by atoms with E-state index in [-0.39, 0.29) is 18.0 Å². The van der Waals surface area contributed by atoms with E-state index >= 15 is 0 Å². The van der Waals surface area contributed by atoms with Gasteiger partial charge in [-0.2, -0.15) is 13.2 Å². The van der Waals surface area contributed by atoms with Crippen LogP contribution in [0.4, 0.5) is 23.7 Å². The number of nitrogens with zero attached hydrogens (tertiary/aromatic N) is 1. The number of carbonyl (C=O) groups excluding carboxylic acids is 1. The van der Waals surface area contributed by atoms with Crippen LogP contribution in [0.1, 0.15) is 12.5 Å². The number of hydrogen-bond donors (Lipinski definition) is 1. The summed E-state index contributed by atoms with van der Waals surface area (Å²) in [5, 5.41) is 2.42. The molecule has 2 amide bonds. The van der Waals surface area contributed by atoms with Gasteiger partial charge in [0.25, 0.3) is 0 Å². The molecule has 0 saturated carbocycles. The lowest BCUT2D eigenvalue weighted by atomic mass is 10.2. The van der Waals surface area contributed by atoms with Gasteiger partial charge in [0.05, 0.1) is 24.5 Å². The van der Waals surface area contributed by atoms with Gasteiger partial charge in [0.2, 0.25) is 0 Å². The average molecular weight is 320 g/mol. The van der Waals surface area contributed by atoms with Gasteiger partial charge in [-0.05, 0) is 25.1 Å². The predicted molar refractivity (Wildman–Crippen MR) is 76.1 cm³/mol. The Balaban J connectivity index is 2.96. The lowest BCUT2D eigenvalue weighted by molar-refractivity contribution is -0.137. The third kappa shape index (κ3) is 5.10. The molecule has 0 bridgehead atoms. The molecule has 0 unspecified atom stereocenters. The smallest absolute Gasteiger partial charge is 0.416 e. The third-order valence-electron chi connectivity index (χ3n) is 2.83. The Labute approximate surface area is 127 Å². The minimum Gasteiger partial charge on any atom is -0.492 e. The number of anilines is 1. The number of amides is 2. The lowest BCUT2D eigenvalue weighted by Gasteiger charge is -2.19. The quantitative estimate of drug-likeness (QED) is 0.875. The molecule has 0 atom stereocenters. The number of nitrogens with one attached hydrogen (secondary N) is 1. The molecular weight excluding hydrogens is 301 g/mol. The van der Waals surface area contributed by atoms with Crippen LogP contribution in [-0.4, -0.2) is 44.8 Å². The fraction of sp³-hybridized carbons (Fsp3) is 0.500. The molecule has 0 aliphatic rings. The largest absolute Gasteiger partial charge is 0.492 e. The van der Waals surface area contributed by atoms with Gasteiger partial charge in [-0.1, -0.05) is 0 Å². The molecule has 22 heavy (non-hydrogen) atoms. The molecule has 0 heterocycles. The van der Waals surface area contributed by atoms with E-state index in [0.29, 0.717) is 13.2 Å². The first-order valence-corrected chi connectivity index (χ1v) is 6.64. The van der Waals surface area contributed by atoms with Gasteiger partial charge < -0.3 is 19.7 Å². The molecule has 0 aliphatic heterocycles. The summed E-state index contributed by atoms with van der Waals surface area (Å²) in [4.78, 5) is 13.3. The number of ether oxygens (including phenoxy) is 2. The van der Waals surface area contributed by atoms with Crippen LogP contribution < -0.4 is 10.1 Å². The number of urea groups is 1. The Morgan fingerprint density at radius 3 is 2.59 bits per heavy atom. The van der Waals surface area contributed by atoms with E-state index in [9.17, 15) is 18.0 Å². The van der Waals surface area contributed by atoms with Gasteiger partial charge in [-0.25, -0.2) is 4.79 Å². The first-order chi connectivity index (χ1) is 10.3. The molecule has 0 aromatic heterocycles. The molecule has 5 nitrogen and oxygen atoms in total. The van der Waals surface area contributed by atoms with Crippen molar-refractivity contribution in [2.24, 2.45) is 0 Å². The number of likely N-dealkylation sites (N-methyl/N-ethyl adjacent to an activating group) is 1. The van der Waals surface area contributed by atoms with Gasteiger partial charge >= 0.3 is 12.2 Å². The Morgan fingerprint density at radius 2 is 2.05 bits per heavy atom. The van der Waals surface area contributed by atoms with Crippen molar-refractivity contribution in [3.63, 3.8) is 0 Å². The minimum absolute atomic E-state index is 0.0223. The molecule has 1 rings (SSSR count). The van der Waals surface area contributed by atoms with Gasteiger partial charge in [0.15, 0.2) is 0 Å². The van der Waals surface area contributed by atoms with Crippen molar-refractivity contribution in [2.75, 3.05) is 39.2 Å². The summed E-state index contributed by atoms with van der Waals surface area (Å²) in [6.07, 6.45) is -4.49. The van der Waals surface area contributed by atoms with Crippen LogP contribution >= 0.6 is 0 Å². The zero-order valence-electron chi connectivity index (χ0n) is 12.7. The molecule has 8 heteroatoms. The van der Waals surface area contributed by atoms with Crippen LogP contribution in [-0.2, 0) is 10.9 Å². The molecule has 0 saturated heterocycles. The molecule has 1 aromatic rings. The summed E-state index contributed by atoms with van der Waals surface area (Å²) < 4.78 is 48.4. The number of methoxy groups -OCH3 is 1. The molecule has 1 N–H and O–H groups in total. The van der Waals surface area contributed by atoms with Crippen LogP contribution in [0.25, 0.3) is 0 Å². The highest BCUT2D eigenvalue weighted by atomic mass is 19.4. The Hall–Kier alpha value is -1.96. The fourth-order valence-electron chi connectivity index (χ4n) is 1.63. The van der Waals surface area contributed by atoms with Gasteiger partial charge in [0.1, 0.15) is 5.75 Å². The van der Waals surface area contributed by atoms with Crippen LogP contribution in [0.2, 0.25) is 0 Å². The summed E-state index contributed by atoms with van der Waals surface area (Å²) in [6.45, 7) is 2.61. The number of benzene rings is 1. The summed E-state index contributed by atoms with van der Waals surface area (Å²) in [5.41, 5.74) is -0.878. The van der Waals surface area contributed by atoms with Gasteiger partial charge in [-0.3, -0.25) is 0 Å². The fourth-order valence-corrected chi connectivity index (χ4v) is 1.63. The minimum atomic E-state index is -4.49. The summed E-state index contributed by atoms with van der Waals surface area (Å²) in [7, 11) is 3.01. The van der Waals surface area contributed by atoms with Crippen LogP contribution in [0.3, 0.4) is 0 Å². The number of hydrogen-bond acceptors (Lipinski definition) is 3. The topological polar surface area (TPSA) is 50.8 Å². The summed E-state index contributed by atoms with van der Waals surface area (Å²) in [5.74, 6) is 0.184. The molecule has 0 spiro atoms. The number of halogens is 3. The zero-order valence-corrected chi connectivity index (χ0v) is 12.7.